The molecule has 106 valence electrons. The summed E-state index contributed by atoms with van der Waals surface area (Å²) < 4.78 is 5.28. The lowest BCUT2D eigenvalue weighted by atomic mass is 10.0. The van der Waals surface area contributed by atoms with Crippen molar-refractivity contribution in [2.45, 2.75) is 32.7 Å². The van der Waals surface area contributed by atoms with Gasteiger partial charge in [0.05, 0.1) is 11.8 Å². The van der Waals surface area contributed by atoms with Crippen molar-refractivity contribution in [1.82, 2.24) is 5.32 Å². The molecule has 0 spiro atoms. The van der Waals surface area contributed by atoms with E-state index >= 15 is 0 Å². The fourth-order valence-electron chi connectivity index (χ4n) is 2.18. The zero-order chi connectivity index (χ0) is 14.5. The van der Waals surface area contributed by atoms with Crippen molar-refractivity contribution in [3.63, 3.8) is 0 Å². The van der Waals surface area contributed by atoms with Crippen LogP contribution in [0.4, 0.5) is 5.69 Å². The highest BCUT2D eigenvalue weighted by molar-refractivity contribution is 6.00. The normalized spacial score (nSPS) is 12.1. The SMILES string of the molecule is Cc1cccc(N)c1C(=O)NC(C)CCc1ccco1. The molecule has 0 fully saturated rings. The first-order chi connectivity index (χ1) is 9.58. The fraction of sp³-hybridized carbons (Fsp3) is 0.312. The lowest BCUT2D eigenvalue weighted by Gasteiger charge is -2.15. The lowest BCUT2D eigenvalue weighted by molar-refractivity contribution is 0.0938. The molecule has 1 aromatic carbocycles. The molecule has 1 atom stereocenters. The van der Waals surface area contributed by atoms with Crippen LogP contribution in [0.25, 0.3) is 0 Å². The summed E-state index contributed by atoms with van der Waals surface area (Å²) in [5, 5.41) is 2.98. The number of hydrogen-bond donors (Lipinski definition) is 2. The Morgan fingerprint density at radius 1 is 1.35 bits per heavy atom. The summed E-state index contributed by atoms with van der Waals surface area (Å²) in [5.74, 6) is 0.814. The average Bonchev–Trinajstić information content (AvgIpc) is 2.89. The number of aryl methyl sites for hydroxylation is 2. The van der Waals surface area contributed by atoms with Crippen LogP contribution in [0.3, 0.4) is 0 Å². The number of anilines is 1. The Bertz CT molecular complexity index is 556. The van der Waals surface area contributed by atoms with Crippen LogP contribution in [-0.4, -0.2) is 11.9 Å². The Balaban J connectivity index is 1.93. The van der Waals surface area contributed by atoms with Crippen molar-refractivity contribution in [2.24, 2.45) is 0 Å². The molecular weight excluding hydrogens is 252 g/mol. The van der Waals surface area contributed by atoms with E-state index in [4.69, 9.17) is 10.2 Å². The molecule has 0 aliphatic rings. The van der Waals surface area contributed by atoms with Gasteiger partial charge < -0.3 is 15.5 Å². The molecule has 0 bridgehead atoms. The topological polar surface area (TPSA) is 68.3 Å². The number of rotatable bonds is 5. The van der Waals surface area contributed by atoms with Crippen LogP contribution in [0.1, 0.15) is 35.0 Å². The summed E-state index contributed by atoms with van der Waals surface area (Å²) in [6.07, 6.45) is 3.29. The Labute approximate surface area is 119 Å². The van der Waals surface area contributed by atoms with Crippen molar-refractivity contribution >= 4 is 11.6 Å². The minimum Gasteiger partial charge on any atom is -0.469 e. The minimum absolute atomic E-state index is 0.0617. The molecule has 0 radical (unpaired) electrons. The number of carbonyl (C=O) groups is 1. The largest absolute Gasteiger partial charge is 0.469 e. The molecule has 0 aliphatic heterocycles. The Morgan fingerprint density at radius 2 is 2.15 bits per heavy atom. The first kappa shape index (κ1) is 14.2. The van der Waals surface area contributed by atoms with Gasteiger partial charge in [-0.05, 0) is 44.0 Å². The van der Waals surface area contributed by atoms with Gasteiger partial charge in [-0.2, -0.15) is 0 Å². The van der Waals surface area contributed by atoms with Crippen LogP contribution in [-0.2, 0) is 6.42 Å². The van der Waals surface area contributed by atoms with Gasteiger partial charge in [0, 0.05) is 18.2 Å². The number of nitrogens with two attached hydrogens (primary N) is 1. The highest BCUT2D eigenvalue weighted by atomic mass is 16.3. The van der Waals surface area contributed by atoms with Gasteiger partial charge in [-0.15, -0.1) is 0 Å². The molecule has 4 nitrogen and oxygen atoms in total. The average molecular weight is 272 g/mol. The first-order valence-corrected chi connectivity index (χ1v) is 6.76. The molecule has 4 heteroatoms. The molecule has 2 rings (SSSR count). The van der Waals surface area contributed by atoms with E-state index in [1.54, 1.807) is 12.3 Å². The molecule has 2 aromatic rings. The number of carbonyl (C=O) groups excluding carboxylic acids is 1. The predicted octanol–water partition coefficient (Wildman–Crippen LogP) is 2.92. The van der Waals surface area contributed by atoms with Crippen molar-refractivity contribution in [3.8, 4) is 0 Å². The highest BCUT2D eigenvalue weighted by Gasteiger charge is 2.15. The molecule has 0 saturated carbocycles. The van der Waals surface area contributed by atoms with E-state index in [0.717, 1.165) is 24.2 Å². The van der Waals surface area contributed by atoms with E-state index in [2.05, 4.69) is 5.32 Å². The van der Waals surface area contributed by atoms with Gasteiger partial charge in [-0.25, -0.2) is 0 Å². The Hall–Kier alpha value is -2.23. The maximum absolute atomic E-state index is 12.2. The minimum atomic E-state index is -0.118. The molecule has 1 aromatic heterocycles. The summed E-state index contributed by atoms with van der Waals surface area (Å²) in [6, 6.07) is 9.35. The van der Waals surface area contributed by atoms with Crippen molar-refractivity contribution < 1.29 is 9.21 Å². The third kappa shape index (κ3) is 3.41. The highest BCUT2D eigenvalue weighted by Crippen LogP contribution is 2.16. The summed E-state index contributed by atoms with van der Waals surface area (Å²) in [5.41, 5.74) is 7.84. The number of benzene rings is 1. The van der Waals surface area contributed by atoms with E-state index < -0.39 is 0 Å². The van der Waals surface area contributed by atoms with E-state index in [1.165, 1.54) is 0 Å². The van der Waals surface area contributed by atoms with Crippen molar-refractivity contribution in [3.05, 3.63) is 53.5 Å². The van der Waals surface area contributed by atoms with Crippen LogP contribution in [0.2, 0.25) is 0 Å². The van der Waals surface area contributed by atoms with Gasteiger partial charge in [0.1, 0.15) is 5.76 Å². The molecule has 1 heterocycles. The van der Waals surface area contributed by atoms with E-state index in [9.17, 15) is 4.79 Å². The second kappa shape index (κ2) is 6.28. The van der Waals surface area contributed by atoms with Gasteiger partial charge >= 0.3 is 0 Å². The third-order valence-corrected chi connectivity index (χ3v) is 3.31. The first-order valence-electron chi connectivity index (χ1n) is 6.76. The monoisotopic (exact) mass is 272 g/mol. The van der Waals surface area contributed by atoms with Crippen molar-refractivity contribution in [1.29, 1.82) is 0 Å². The lowest BCUT2D eigenvalue weighted by Crippen LogP contribution is -2.33. The summed E-state index contributed by atoms with van der Waals surface area (Å²) in [4.78, 5) is 12.2. The fourth-order valence-corrected chi connectivity index (χ4v) is 2.18. The maximum Gasteiger partial charge on any atom is 0.253 e. The van der Waals surface area contributed by atoms with Crippen LogP contribution in [0, 0.1) is 6.92 Å². The van der Waals surface area contributed by atoms with Gasteiger partial charge in [-0.3, -0.25) is 4.79 Å². The smallest absolute Gasteiger partial charge is 0.253 e. The van der Waals surface area contributed by atoms with E-state index in [1.807, 2.05) is 38.1 Å². The molecule has 3 N–H and O–H groups in total. The summed E-state index contributed by atoms with van der Waals surface area (Å²) in [6.45, 7) is 3.87. The maximum atomic E-state index is 12.2. The number of nitrogens with one attached hydrogen (secondary N) is 1. The number of hydrogen-bond acceptors (Lipinski definition) is 3. The van der Waals surface area contributed by atoms with E-state index in [-0.39, 0.29) is 11.9 Å². The Kier molecular flexibility index (Phi) is 4.45. The van der Waals surface area contributed by atoms with E-state index in [0.29, 0.717) is 11.3 Å². The zero-order valence-electron chi connectivity index (χ0n) is 11.8. The summed E-state index contributed by atoms with van der Waals surface area (Å²) in [7, 11) is 0. The van der Waals surface area contributed by atoms with Crippen LogP contribution in [0.5, 0.6) is 0 Å². The summed E-state index contributed by atoms with van der Waals surface area (Å²) >= 11 is 0. The van der Waals surface area contributed by atoms with Gasteiger partial charge in [0.25, 0.3) is 5.91 Å². The van der Waals surface area contributed by atoms with Crippen LogP contribution >= 0.6 is 0 Å². The molecule has 1 unspecified atom stereocenters. The quantitative estimate of drug-likeness (QED) is 0.822. The van der Waals surface area contributed by atoms with Crippen LogP contribution in [0.15, 0.2) is 41.0 Å². The van der Waals surface area contributed by atoms with Crippen LogP contribution < -0.4 is 11.1 Å². The number of nitrogen functional groups attached to an aromatic ring is 1. The van der Waals surface area contributed by atoms with Gasteiger partial charge in [-0.1, -0.05) is 12.1 Å². The second-order valence-corrected chi connectivity index (χ2v) is 5.03. The molecule has 0 aliphatic carbocycles. The zero-order valence-corrected chi connectivity index (χ0v) is 11.8. The van der Waals surface area contributed by atoms with Crippen molar-refractivity contribution in [2.75, 3.05) is 5.73 Å². The predicted molar refractivity (Wildman–Crippen MR) is 79.5 cm³/mol. The third-order valence-electron chi connectivity index (χ3n) is 3.31. The molecule has 0 saturated heterocycles. The van der Waals surface area contributed by atoms with Gasteiger partial charge in [0.15, 0.2) is 0 Å². The van der Waals surface area contributed by atoms with Gasteiger partial charge in [0.2, 0.25) is 0 Å². The standard InChI is InChI=1S/C16H20N2O2/c1-11-5-3-7-14(17)15(11)16(19)18-12(2)8-9-13-6-4-10-20-13/h3-7,10,12H,8-9,17H2,1-2H3,(H,18,19). The number of amides is 1. The number of furan rings is 1. The molecule has 20 heavy (non-hydrogen) atoms. The molecular formula is C16H20N2O2. The Morgan fingerprint density at radius 3 is 2.80 bits per heavy atom. The second-order valence-electron chi connectivity index (χ2n) is 5.03. The molecule has 1 amide bonds.